The van der Waals surface area contributed by atoms with Crippen LogP contribution >= 0.6 is 0 Å². The van der Waals surface area contributed by atoms with Gasteiger partial charge in [-0.1, -0.05) is 12.1 Å². The number of rotatable bonds is 3. The Morgan fingerprint density at radius 3 is 2.80 bits per heavy atom. The summed E-state index contributed by atoms with van der Waals surface area (Å²) in [5.41, 5.74) is 1.73. The van der Waals surface area contributed by atoms with E-state index in [0.29, 0.717) is 18.7 Å². The molecule has 0 aliphatic carbocycles. The molecule has 0 amide bonds. The quantitative estimate of drug-likeness (QED) is 0.638. The summed E-state index contributed by atoms with van der Waals surface area (Å²) in [6.45, 7) is 4.88. The molecule has 5 nitrogen and oxygen atoms in total. The molecule has 1 aliphatic heterocycles. The lowest BCUT2D eigenvalue weighted by molar-refractivity contribution is 0.188. The number of aliphatic hydroxyl groups excluding tert-OH is 1. The van der Waals surface area contributed by atoms with E-state index >= 15 is 0 Å². The average molecular weight is 272 g/mol. The minimum Gasteiger partial charge on any atom is -0.391 e. The second-order valence-corrected chi connectivity index (χ2v) is 4.87. The summed E-state index contributed by atoms with van der Waals surface area (Å²) in [5, 5.41) is 21.6. The molecule has 1 heterocycles. The molecule has 1 aromatic carbocycles. The summed E-state index contributed by atoms with van der Waals surface area (Å²) >= 11 is 0. The summed E-state index contributed by atoms with van der Waals surface area (Å²) in [4.78, 5) is 6.67. The largest absolute Gasteiger partial charge is 0.391 e. The standard InChI is InChI=1S/C15H20N4O/c1-2-17-15(19-8-7-14(20)11-19)18-10-13-5-3-12(9-16)4-6-13/h3-6,14,20H,2,7-8,10-11H2,1H3,(H,17,18)/t14-/m1/s1. The monoisotopic (exact) mass is 272 g/mol. The molecule has 0 saturated carbocycles. The van der Waals surface area contributed by atoms with Crippen molar-refractivity contribution in [2.45, 2.75) is 26.0 Å². The summed E-state index contributed by atoms with van der Waals surface area (Å²) in [6, 6.07) is 9.55. The van der Waals surface area contributed by atoms with Crippen LogP contribution in [0.3, 0.4) is 0 Å². The maximum atomic E-state index is 9.60. The molecule has 1 fully saturated rings. The molecular weight excluding hydrogens is 252 g/mol. The number of hydrogen-bond acceptors (Lipinski definition) is 3. The number of β-amino-alcohol motifs (C(OH)–C–C–N with tert-alkyl or cyclic N) is 1. The van der Waals surface area contributed by atoms with Gasteiger partial charge in [-0.2, -0.15) is 5.26 Å². The van der Waals surface area contributed by atoms with Crippen molar-refractivity contribution >= 4 is 5.96 Å². The molecule has 0 bridgehead atoms. The Labute approximate surface area is 119 Å². The molecule has 0 aromatic heterocycles. The van der Waals surface area contributed by atoms with E-state index in [0.717, 1.165) is 31.0 Å². The van der Waals surface area contributed by atoms with E-state index in [2.05, 4.69) is 21.3 Å². The Hall–Kier alpha value is -2.06. The fourth-order valence-corrected chi connectivity index (χ4v) is 2.21. The van der Waals surface area contributed by atoms with Gasteiger partial charge >= 0.3 is 0 Å². The number of nitrogens with zero attached hydrogens (tertiary/aromatic N) is 3. The van der Waals surface area contributed by atoms with Crippen LogP contribution in [-0.2, 0) is 6.54 Å². The van der Waals surface area contributed by atoms with Crippen molar-refractivity contribution in [3.63, 3.8) is 0 Å². The highest BCUT2D eigenvalue weighted by Crippen LogP contribution is 2.10. The third kappa shape index (κ3) is 3.72. The molecular formula is C15H20N4O. The molecule has 0 radical (unpaired) electrons. The fraction of sp³-hybridized carbons (Fsp3) is 0.467. The zero-order valence-corrected chi connectivity index (χ0v) is 11.7. The highest BCUT2D eigenvalue weighted by molar-refractivity contribution is 5.80. The zero-order chi connectivity index (χ0) is 14.4. The van der Waals surface area contributed by atoms with Crippen LogP contribution in [-0.4, -0.2) is 41.7 Å². The van der Waals surface area contributed by atoms with Gasteiger partial charge < -0.3 is 15.3 Å². The van der Waals surface area contributed by atoms with Crippen molar-refractivity contribution in [1.82, 2.24) is 10.2 Å². The van der Waals surface area contributed by atoms with Crippen LogP contribution in [0.4, 0.5) is 0 Å². The Morgan fingerprint density at radius 1 is 1.50 bits per heavy atom. The molecule has 5 heteroatoms. The number of aliphatic imine (C=N–C) groups is 1. The van der Waals surface area contributed by atoms with Crippen LogP contribution in [0.25, 0.3) is 0 Å². The van der Waals surface area contributed by atoms with Crippen molar-refractivity contribution in [2.75, 3.05) is 19.6 Å². The van der Waals surface area contributed by atoms with Gasteiger partial charge in [0.1, 0.15) is 0 Å². The van der Waals surface area contributed by atoms with E-state index in [1.54, 1.807) is 12.1 Å². The van der Waals surface area contributed by atoms with Crippen molar-refractivity contribution in [2.24, 2.45) is 4.99 Å². The number of hydrogen-bond donors (Lipinski definition) is 2. The smallest absolute Gasteiger partial charge is 0.194 e. The molecule has 0 unspecified atom stereocenters. The first-order valence-electron chi connectivity index (χ1n) is 6.93. The number of likely N-dealkylation sites (tertiary alicyclic amines) is 1. The zero-order valence-electron chi connectivity index (χ0n) is 11.7. The lowest BCUT2D eigenvalue weighted by atomic mass is 10.1. The number of aliphatic hydroxyl groups is 1. The first-order chi connectivity index (χ1) is 9.72. The molecule has 1 saturated heterocycles. The lowest BCUT2D eigenvalue weighted by Gasteiger charge is -2.20. The van der Waals surface area contributed by atoms with Crippen molar-refractivity contribution in [1.29, 1.82) is 5.26 Å². The van der Waals surface area contributed by atoms with Crippen LogP contribution in [0.5, 0.6) is 0 Å². The third-order valence-corrected chi connectivity index (χ3v) is 3.29. The molecule has 20 heavy (non-hydrogen) atoms. The van der Waals surface area contributed by atoms with E-state index in [-0.39, 0.29) is 6.10 Å². The molecule has 1 aromatic rings. The van der Waals surface area contributed by atoms with Gasteiger partial charge in [-0.3, -0.25) is 0 Å². The predicted octanol–water partition coefficient (Wildman–Crippen LogP) is 1.09. The van der Waals surface area contributed by atoms with Crippen molar-refractivity contribution in [3.05, 3.63) is 35.4 Å². The summed E-state index contributed by atoms with van der Waals surface area (Å²) in [6.07, 6.45) is 0.537. The number of nitriles is 1. The third-order valence-electron chi connectivity index (χ3n) is 3.29. The van der Waals surface area contributed by atoms with Gasteiger partial charge in [0.05, 0.1) is 24.3 Å². The maximum Gasteiger partial charge on any atom is 0.194 e. The van der Waals surface area contributed by atoms with Gasteiger partial charge in [0.15, 0.2) is 5.96 Å². The molecule has 0 spiro atoms. The van der Waals surface area contributed by atoms with Gasteiger partial charge in [0.2, 0.25) is 0 Å². The first kappa shape index (κ1) is 14.4. The van der Waals surface area contributed by atoms with E-state index < -0.39 is 0 Å². The molecule has 106 valence electrons. The second kappa shape index (κ2) is 6.92. The van der Waals surface area contributed by atoms with E-state index in [1.807, 2.05) is 19.1 Å². The Kier molecular flexibility index (Phi) is 4.97. The Balaban J connectivity index is 2.03. The van der Waals surface area contributed by atoms with Crippen LogP contribution in [0, 0.1) is 11.3 Å². The lowest BCUT2D eigenvalue weighted by Crippen LogP contribution is -2.40. The van der Waals surface area contributed by atoms with E-state index in [4.69, 9.17) is 5.26 Å². The number of guanidine groups is 1. The summed E-state index contributed by atoms with van der Waals surface area (Å²) in [5.74, 6) is 0.841. The van der Waals surface area contributed by atoms with Gasteiger partial charge in [0.25, 0.3) is 0 Å². The second-order valence-electron chi connectivity index (χ2n) is 4.87. The number of benzene rings is 1. The van der Waals surface area contributed by atoms with Crippen LogP contribution in [0.1, 0.15) is 24.5 Å². The highest BCUT2D eigenvalue weighted by atomic mass is 16.3. The van der Waals surface area contributed by atoms with Gasteiger partial charge in [-0.15, -0.1) is 0 Å². The SMILES string of the molecule is CCNC(=NCc1ccc(C#N)cc1)N1CC[C@@H](O)C1. The number of nitrogens with one attached hydrogen (secondary N) is 1. The molecule has 1 atom stereocenters. The minimum absolute atomic E-state index is 0.256. The van der Waals surface area contributed by atoms with Gasteiger partial charge in [-0.25, -0.2) is 4.99 Å². The molecule has 2 N–H and O–H groups in total. The Morgan fingerprint density at radius 2 is 2.25 bits per heavy atom. The first-order valence-corrected chi connectivity index (χ1v) is 6.93. The topological polar surface area (TPSA) is 71.7 Å². The average Bonchev–Trinajstić information content (AvgIpc) is 2.90. The Bertz CT molecular complexity index is 504. The van der Waals surface area contributed by atoms with E-state index in [1.165, 1.54) is 0 Å². The summed E-state index contributed by atoms with van der Waals surface area (Å²) in [7, 11) is 0. The van der Waals surface area contributed by atoms with Crippen molar-refractivity contribution < 1.29 is 5.11 Å². The summed E-state index contributed by atoms with van der Waals surface area (Å²) < 4.78 is 0. The van der Waals surface area contributed by atoms with E-state index in [9.17, 15) is 5.11 Å². The predicted molar refractivity (Wildman–Crippen MR) is 78.2 cm³/mol. The van der Waals surface area contributed by atoms with Gasteiger partial charge in [-0.05, 0) is 31.0 Å². The van der Waals surface area contributed by atoms with Crippen LogP contribution in [0.15, 0.2) is 29.3 Å². The van der Waals surface area contributed by atoms with Crippen LogP contribution < -0.4 is 5.32 Å². The highest BCUT2D eigenvalue weighted by Gasteiger charge is 2.22. The van der Waals surface area contributed by atoms with Crippen LogP contribution in [0.2, 0.25) is 0 Å². The fourth-order valence-electron chi connectivity index (χ4n) is 2.21. The van der Waals surface area contributed by atoms with Gasteiger partial charge in [0, 0.05) is 19.6 Å². The maximum absolute atomic E-state index is 9.60. The van der Waals surface area contributed by atoms with Crippen molar-refractivity contribution in [3.8, 4) is 6.07 Å². The molecule has 2 rings (SSSR count). The molecule has 1 aliphatic rings. The normalized spacial score (nSPS) is 18.9. The minimum atomic E-state index is -0.256.